The molecule has 53 heavy (non-hydrogen) atoms. The first kappa shape index (κ1) is 38.2. The highest BCUT2D eigenvalue weighted by Gasteiger charge is 2.62. The zero-order chi connectivity index (χ0) is 38.5. The van der Waals surface area contributed by atoms with Crippen LogP contribution in [0, 0.1) is 11.3 Å². The van der Waals surface area contributed by atoms with E-state index in [1.54, 1.807) is 52.1 Å². The minimum atomic E-state index is -3.92. The number of nitrogens with one attached hydrogen (secondary N) is 3. The third-order valence-electron chi connectivity index (χ3n) is 9.88. The zero-order valence-corrected chi connectivity index (χ0v) is 31.9. The Balaban J connectivity index is 1.35. The van der Waals surface area contributed by atoms with E-state index in [4.69, 9.17) is 14.5 Å². The van der Waals surface area contributed by atoms with Crippen LogP contribution in [0.1, 0.15) is 46.5 Å². The number of likely N-dealkylation sites (tertiary alicyclic amines) is 1. The molecule has 3 fully saturated rings. The van der Waals surface area contributed by atoms with Gasteiger partial charge < -0.3 is 19.7 Å². The Hall–Kier alpha value is -4.54. The molecule has 0 radical (unpaired) electrons. The molecule has 0 bridgehead atoms. The van der Waals surface area contributed by atoms with Gasteiger partial charge in [0, 0.05) is 35.4 Å². The summed E-state index contributed by atoms with van der Waals surface area (Å²) in [5.74, 6) is -1.77. The van der Waals surface area contributed by atoms with Crippen LogP contribution in [0.5, 0.6) is 11.5 Å². The number of ether oxygens (including phenoxy) is 2. The number of sulfonamides is 2. The van der Waals surface area contributed by atoms with Gasteiger partial charge in [0.25, 0.3) is 5.91 Å². The van der Waals surface area contributed by atoms with Crippen LogP contribution >= 0.6 is 0 Å². The molecule has 1 saturated heterocycles. The summed E-state index contributed by atoms with van der Waals surface area (Å²) in [5.41, 5.74) is -0.466. The molecule has 2 unspecified atom stereocenters. The fourth-order valence-corrected chi connectivity index (χ4v) is 8.96. The number of rotatable bonds is 13. The summed E-state index contributed by atoms with van der Waals surface area (Å²) < 4.78 is 66.9. The molecule has 3 amide bonds. The number of aromatic nitrogens is 1. The number of fused-ring (bicyclic) bond motifs is 1. The Morgan fingerprint density at radius 2 is 1.75 bits per heavy atom. The Bertz CT molecular complexity index is 2170. The first-order chi connectivity index (χ1) is 24.8. The van der Waals surface area contributed by atoms with Crippen LogP contribution in [0.2, 0.25) is 0 Å². The fraction of sp³-hybridized carbons (Fsp3) is 0.459. The highest BCUT2D eigenvalue weighted by atomic mass is 32.2. The van der Waals surface area contributed by atoms with E-state index in [9.17, 15) is 31.2 Å². The highest BCUT2D eigenvalue weighted by molar-refractivity contribution is 7.91. The largest absolute Gasteiger partial charge is 0.497 e. The van der Waals surface area contributed by atoms with E-state index in [0.717, 1.165) is 11.8 Å². The van der Waals surface area contributed by atoms with Crippen molar-refractivity contribution >= 4 is 48.7 Å². The number of nitrogens with zero attached hydrogens (tertiary/aromatic N) is 2. The molecule has 3 N–H and O–H groups in total. The predicted octanol–water partition coefficient (Wildman–Crippen LogP) is 2.89. The molecule has 16 heteroatoms. The van der Waals surface area contributed by atoms with Crippen molar-refractivity contribution in [1.82, 2.24) is 24.6 Å². The molecular weight excluding hydrogens is 723 g/mol. The Morgan fingerprint density at radius 3 is 2.34 bits per heavy atom. The van der Waals surface area contributed by atoms with Gasteiger partial charge in [0.05, 0.1) is 36.4 Å². The quantitative estimate of drug-likeness (QED) is 0.218. The van der Waals surface area contributed by atoms with Crippen LogP contribution in [-0.2, 0) is 34.4 Å². The summed E-state index contributed by atoms with van der Waals surface area (Å²) >= 11 is 0. The van der Waals surface area contributed by atoms with Crippen molar-refractivity contribution in [2.45, 2.75) is 75.4 Å². The van der Waals surface area contributed by atoms with E-state index in [1.165, 1.54) is 11.0 Å². The molecule has 2 saturated carbocycles. The van der Waals surface area contributed by atoms with Crippen LogP contribution in [0.25, 0.3) is 22.2 Å². The summed E-state index contributed by atoms with van der Waals surface area (Å²) in [6.07, 6.45) is 2.64. The van der Waals surface area contributed by atoms with Crippen LogP contribution in [0.4, 0.5) is 0 Å². The molecule has 1 aliphatic heterocycles. The Kier molecular flexibility index (Phi) is 10.1. The normalized spacial score (nSPS) is 23.6. The molecule has 14 nitrogen and oxygen atoms in total. The van der Waals surface area contributed by atoms with Crippen molar-refractivity contribution in [3.63, 3.8) is 0 Å². The summed E-state index contributed by atoms with van der Waals surface area (Å²) in [6.45, 7) is 8.76. The van der Waals surface area contributed by atoms with E-state index >= 15 is 0 Å². The van der Waals surface area contributed by atoms with Gasteiger partial charge in [0.1, 0.15) is 35.2 Å². The van der Waals surface area contributed by atoms with E-state index in [1.807, 2.05) is 30.3 Å². The minimum Gasteiger partial charge on any atom is -0.497 e. The lowest BCUT2D eigenvalue weighted by Gasteiger charge is -2.35. The van der Waals surface area contributed by atoms with Gasteiger partial charge in [-0.3, -0.25) is 19.1 Å². The fourth-order valence-electron chi connectivity index (χ4n) is 6.71. The van der Waals surface area contributed by atoms with Crippen LogP contribution in [0.3, 0.4) is 0 Å². The lowest BCUT2D eigenvalue weighted by atomic mass is 9.86. The molecule has 2 heterocycles. The van der Waals surface area contributed by atoms with Gasteiger partial charge in [-0.1, -0.05) is 57.2 Å². The van der Waals surface area contributed by atoms with Gasteiger partial charge >= 0.3 is 0 Å². The number of pyridine rings is 1. The van der Waals surface area contributed by atoms with Gasteiger partial charge in [-0.25, -0.2) is 26.5 Å². The summed E-state index contributed by atoms with van der Waals surface area (Å²) in [6, 6.07) is 14.1. The van der Waals surface area contributed by atoms with E-state index in [0.29, 0.717) is 40.9 Å². The Labute approximate surface area is 309 Å². The topological polar surface area (TPSA) is 190 Å². The summed E-state index contributed by atoms with van der Waals surface area (Å²) in [5, 5.41) is 2.75. The molecule has 3 aliphatic rings. The lowest BCUT2D eigenvalue weighted by molar-refractivity contribution is -0.142. The van der Waals surface area contributed by atoms with Crippen LogP contribution in [-0.4, -0.2) is 93.3 Å². The molecule has 6 rings (SSSR count). The summed E-state index contributed by atoms with van der Waals surface area (Å²) in [7, 11) is -6.24. The number of carbonyl (C=O) groups is 3. The second-order valence-electron chi connectivity index (χ2n) is 15.1. The molecule has 2 aromatic carbocycles. The maximum absolute atomic E-state index is 14.4. The van der Waals surface area contributed by atoms with Crippen molar-refractivity contribution in [3.05, 3.63) is 67.3 Å². The molecule has 2 aliphatic carbocycles. The number of carbonyl (C=O) groups excluding carboxylic acids is 3. The van der Waals surface area contributed by atoms with Crippen molar-refractivity contribution in [2.75, 3.05) is 19.9 Å². The molecule has 3 aromatic rings. The maximum Gasteiger partial charge on any atom is 0.259 e. The standard InChI is InChI=1S/C37H45N5O9S2/c1-7-23-20-37(23,35(45)41-53(48,49)26-14-15-26)39-33(43)30-18-25(21-42(30)34(44)32(36(2,3)4)40-52(6,46)47)51-31-19-28(22-11-9-8-10-12-22)38-29-17-24(50-5)13-16-27(29)31/h7-13,16-17,19,23,25-26,30,32,40H,1,14-15,18,20-21H2,2-6H3,(H,39,43)(H,41,45)/t23-,25?,30?,32-,37-/m1/s1. The van der Waals surface area contributed by atoms with Gasteiger partial charge in [-0.2, -0.15) is 0 Å². The number of hydrogen-bond donors (Lipinski definition) is 3. The molecule has 284 valence electrons. The SMILES string of the molecule is C=C[C@@H]1C[C@]1(NC(=O)C1CC(Oc2cc(-c3ccccc3)nc3cc(OC)ccc23)CN1C(=O)[C@@H](NS(C)(=O)=O)C(C)(C)C)C(=O)NS(=O)(=O)C1CC1. The van der Waals surface area contributed by atoms with Gasteiger partial charge in [-0.05, 0) is 36.8 Å². The maximum atomic E-state index is 14.4. The van der Waals surface area contributed by atoms with Crippen LogP contribution in [0.15, 0.2) is 67.3 Å². The van der Waals surface area contributed by atoms with Gasteiger partial charge in [0.15, 0.2) is 0 Å². The first-order valence-electron chi connectivity index (χ1n) is 17.3. The second kappa shape index (κ2) is 14.0. The third kappa shape index (κ3) is 8.19. The number of amides is 3. The number of benzene rings is 2. The molecular formula is C37H45N5O9S2. The molecule has 1 aromatic heterocycles. The van der Waals surface area contributed by atoms with E-state index in [2.05, 4.69) is 21.3 Å². The van der Waals surface area contributed by atoms with Crippen molar-refractivity contribution in [1.29, 1.82) is 0 Å². The van der Waals surface area contributed by atoms with E-state index < -0.39 is 78.1 Å². The lowest BCUT2D eigenvalue weighted by Crippen LogP contribution is -2.60. The third-order valence-corrected chi connectivity index (χ3v) is 12.4. The smallest absolute Gasteiger partial charge is 0.259 e. The minimum absolute atomic E-state index is 0.0230. The highest BCUT2D eigenvalue weighted by Crippen LogP contribution is 2.46. The van der Waals surface area contributed by atoms with Crippen molar-refractivity contribution in [3.8, 4) is 22.8 Å². The predicted molar refractivity (Wildman–Crippen MR) is 199 cm³/mol. The Morgan fingerprint density at radius 1 is 1.06 bits per heavy atom. The average Bonchev–Trinajstić information content (AvgIpc) is 4.03. The van der Waals surface area contributed by atoms with Gasteiger partial charge in [-0.15, -0.1) is 6.58 Å². The first-order valence-corrected chi connectivity index (χ1v) is 20.8. The zero-order valence-electron chi connectivity index (χ0n) is 30.3. The number of methoxy groups -OCH3 is 1. The second-order valence-corrected chi connectivity index (χ2v) is 18.8. The molecule has 0 spiro atoms. The molecule has 5 atom stereocenters. The van der Waals surface area contributed by atoms with Crippen molar-refractivity contribution in [2.24, 2.45) is 11.3 Å². The van der Waals surface area contributed by atoms with E-state index in [-0.39, 0.29) is 19.4 Å². The monoisotopic (exact) mass is 767 g/mol. The van der Waals surface area contributed by atoms with Gasteiger partial charge in [0.2, 0.25) is 31.9 Å². The summed E-state index contributed by atoms with van der Waals surface area (Å²) in [4.78, 5) is 48.3. The van der Waals surface area contributed by atoms with Crippen molar-refractivity contribution < 1.29 is 40.7 Å². The number of hydrogen-bond acceptors (Lipinski definition) is 10. The van der Waals surface area contributed by atoms with Crippen LogP contribution < -0.4 is 24.2 Å². The average molecular weight is 768 g/mol.